The maximum atomic E-state index is 13.7. The predicted octanol–water partition coefficient (Wildman–Crippen LogP) is 3.92. The summed E-state index contributed by atoms with van der Waals surface area (Å²) in [6, 6.07) is 10.1. The van der Waals surface area contributed by atoms with E-state index in [1.807, 2.05) is 6.07 Å². The van der Waals surface area contributed by atoms with Crippen LogP contribution < -0.4 is 0 Å². The number of nitrogens with zero attached hydrogens (tertiary/aromatic N) is 1. The highest BCUT2D eigenvalue weighted by molar-refractivity contribution is 9.10. The fourth-order valence-electron chi connectivity index (χ4n) is 1.77. The largest absolute Gasteiger partial charge is 0.294 e. The van der Waals surface area contributed by atoms with Gasteiger partial charge in [0.05, 0.1) is 16.6 Å². The molecule has 0 saturated heterocycles. The van der Waals surface area contributed by atoms with Crippen molar-refractivity contribution in [3.05, 3.63) is 74.0 Å². The molecular weight excluding hydrogens is 329 g/mol. The lowest BCUT2D eigenvalue weighted by Crippen LogP contribution is -2.06. The van der Waals surface area contributed by atoms with Crippen LogP contribution >= 0.6 is 15.9 Å². The predicted molar refractivity (Wildman–Crippen MR) is 75.2 cm³/mol. The highest BCUT2D eigenvalue weighted by atomic mass is 79.9. The summed E-state index contributed by atoms with van der Waals surface area (Å²) >= 11 is 3.29. The summed E-state index contributed by atoms with van der Waals surface area (Å²) in [4.78, 5) is 21.8. The van der Waals surface area contributed by atoms with E-state index in [1.54, 1.807) is 18.2 Å². The first-order valence-electron chi connectivity index (χ1n) is 5.69. The zero-order valence-electron chi connectivity index (χ0n) is 10.2. The molecule has 0 aliphatic rings. The molecule has 0 atom stereocenters. The SMILES string of the molecule is O=C(Cc1cccc(Br)c1)c1ccc([N+](=O)[O-])cc1F. The minimum atomic E-state index is -0.876. The molecule has 6 heteroatoms. The minimum Gasteiger partial charge on any atom is -0.294 e. The van der Waals surface area contributed by atoms with Crippen molar-refractivity contribution in [1.82, 2.24) is 0 Å². The van der Waals surface area contributed by atoms with Crippen molar-refractivity contribution in [2.45, 2.75) is 6.42 Å². The standard InChI is InChI=1S/C14H9BrFNO3/c15-10-3-1-2-9(6-10)7-14(18)12-5-4-11(17(19)20)8-13(12)16/h1-6,8H,7H2. The highest BCUT2D eigenvalue weighted by Crippen LogP contribution is 2.19. The first-order valence-corrected chi connectivity index (χ1v) is 6.48. The Bertz CT molecular complexity index is 688. The number of halogens is 2. The van der Waals surface area contributed by atoms with Crippen molar-refractivity contribution < 1.29 is 14.1 Å². The molecule has 0 unspecified atom stereocenters. The molecule has 2 rings (SSSR count). The minimum absolute atomic E-state index is 0.0359. The Kier molecular flexibility index (Phi) is 4.24. The molecule has 0 aromatic heterocycles. The lowest BCUT2D eigenvalue weighted by Gasteiger charge is -2.03. The number of rotatable bonds is 4. The quantitative estimate of drug-likeness (QED) is 0.482. The number of nitro groups is 1. The van der Waals surface area contributed by atoms with Crippen molar-refractivity contribution >= 4 is 27.4 Å². The molecule has 0 aliphatic carbocycles. The van der Waals surface area contributed by atoms with Gasteiger partial charge in [-0.2, -0.15) is 0 Å². The zero-order valence-corrected chi connectivity index (χ0v) is 11.8. The second kappa shape index (κ2) is 5.92. The number of benzene rings is 2. The van der Waals surface area contributed by atoms with Crippen LogP contribution in [0.4, 0.5) is 10.1 Å². The van der Waals surface area contributed by atoms with Gasteiger partial charge in [-0.3, -0.25) is 14.9 Å². The Balaban J connectivity index is 2.23. The van der Waals surface area contributed by atoms with Gasteiger partial charge in [0.2, 0.25) is 0 Å². The second-order valence-electron chi connectivity index (χ2n) is 4.15. The number of ketones is 1. The van der Waals surface area contributed by atoms with Gasteiger partial charge in [-0.15, -0.1) is 0 Å². The van der Waals surface area contributed by atoms with E-state index < -0.39 is 16.5 Å². The van der Waals surface area contributed by atoms with Gasteiger partial charge >= 0.3 is 0 Å². The van der Waals surface area contributed by atoms with Crippen molar-refractivity contribution in [2.24, 2.45) is 0 Å². The average Bonchev–Trinajstić information content (AvgIpc) is 2.38. The van der Waals surface area contributed by atoms with Crippen LogP contribution in [0.5, 0.6) is 0 Å². The molecule has 2 aromatic rings. The molecule has 0 spiro atoms. The Morgan fingerprint density at radius 3 is 2.60 bits per heavy atom. The summed E-state index contributed by atoms with van der Waals surface area (Å²) in [5, 5.41) is 10.5. The van der Waals surface area contributed by atoms with E-state index >= 15 is 0 Å². The fraction of sp³-hybridized carbons (Fsp3) is 0.0714. The number of nitro benzene ring substituents is 1. The molecule has 0 amide bonds. The lowest BCUT2D eigenvalue weighted by atomic mass is 10.0. The van der Waals surface area contributed by atoms with Gasteiger partial charge in [-0.05, 0) is 23.8 Å². The first kappa shape index (κ1) is 14.3. The van der Waals surface area contributed by atoms with Crippen molar-refractivity contribution in [1.29, 1.82) is 0 Å². The van der Waals surface area contributed by atoms with Crippen LogP contribution in [0.3, 0.4) is 0 Å². The number of hydrogen-bond donors (Lipinski definition) is 0. The van der Waals surface area contributed by atoms with E-state index in [1.165, 1.54) is 0 Å². The molecular formula is C14H9BrFNO3. The third-order valence-corrected chi connectivity index (χ3v) is 3.21. The third kappa shape index (κ3) is 3.27. The number of carbonyl (C=O) groups excluding carboxylic acids is 1. The molecule has 0 bridgehead atoms. The lowest BCUT2D eigenvalue weighted by molar-refractivity contribution is -0.385. The van der Waals surface area contributed by atoms with Crippen LogP contribution in [0.1, 0.15) is 15.9 Å². The average molecular weight is 338 g/mol. The highest BCUT2D eigenvalue weighted by Gasteiger charge is 2.16. The maximum absolute atomic E-state index is 13.7. The fourth-order valence-corrected chi connectivity index (χ4v) is 2.22. The van der Waals surface area contributed by atoms with Gasteiger partial charge in [-0.1, -0.05) is 28.1 Å². The third-order valence-electron chi connectivity index (χ3n) is 2.72. The van der Waals surface area contributed by atoms with Crippen LogP contribution in [0.25, 0.3) is 0 Å². The summed E-state index contributed by atoms with van der Waals surface area (Å²) in [7, 11) is 0. The molecule has 0 aliphatic heterocycles. The number of hydrogen-bond acceptors (Lipinski definition) is 3. The maximum Gasteiger partial charge on any atom is 0.272 e. The molecule has 0 radical (unpaired) electrons. The topological polar surface area (TPSA) is 60.2 Å². The summed E-state index contributed by atoms with van der Waals surface area (Å²) in [6.07, 6.45) is 0.0359. The van der Waals surface area contributed by atoms with Gasteiger partial charge in [0.1, 0.15) is 5.82 Å². The first-order chi connectivity index (χ1) is 9.47. The van der Waals surface area contributed by atoms with E-state index in [0.29, 0.717) is 0 Å². The Morgan fingerprint density at radius 1 is 1.25 bits per heavy atom. The summed E-state index contributed by atoms with van der Waals surface area (Å²) in [6.45, 7) is 0. The van der Waals surface area contributed by atoms with Crippen LogP contribution in [0, 0.1) is 15.9 Å². The smallest absolute Gasteiger partial charge is 0.272 e. The molecule has 0 saturated carbocycles. The number of Topliss-reactive ketones (excluding diaryl/α,β-unsaturated/α-hetero) is 1. The Morgan fingerprint density at radius 2 is 2.00 bits per heavy atom. The number of non-ortho nitro benzene ring substituents is 1. The van der Waals surface area contributed by atoms with Crippen LogP contribution in [-0.4, -0.2) is 10.7 Å². The molecule has 102 valence electrons. The Labute approximate surface area is 122 Å². The van der Waals surface area contributed by atoms with Gasteiger partial charge in [0.25, 0.3) is 5.69 Å². The van der Waals surface area contributed by atoms with Gasteiger partial charge in [0, 0.05) is 17.0 Å². The summed E-state index contributed by atoms with van der Waals surface area (Å²) in [5.41, 5.74) is 0.221. The molecule has 0 heterocycles. The van der Waals surface area contributed by atoms with Crippen molar-refractivity contribution in [3.63, 3.8) is 0 Å². The number of carbonyl (C=O) groups is 1. The van der Waals surface area contributed by atoms with E-state index in [9.17, 15) is 19.3 Å². The normalized spacial score (nSPS) is 10.3. The second-order valence-corrected chi connectivity index (χ2v) is 5.07. The van der Waals surface area contributed by atoms with Crippen molar-refractivity contribution in [2.75, 3.05) is 0 Å². The molecule has 0 fully saturated rings. The van der Waals surface area contributed by atoms with Crippen LogP contribution in [0.2, 0.25) is 0 Å². The summed E-state index contributed by atoms with van der Waals surface area (Å²) in [5.74, 6) is -1.30. The van der Waals surface area contributed by atoms with Crippen molar-refractivity contribution in [3.8, 4) is 0 Å². The van der Waals surface area contributed by atoms with Gasteiger partial charge in [0.15, 0.2) is 5.78 Å². The zero-order chi connectivity index (χ0) is 14.7. The van der Waals surface area contributed by atoms with Crippen LogP contribution in [-0.2, 0) is 6.42 Å². The molecule has 2 aromatic carbocycles. The van der Waals surface area contributed by atoms with E-state index in [2.05, 4.69) is 15.9 Å². The van der Waals surface area contributed by atoms with Gasteiger partial charge < -0.3 is 0 Å². The van der Waals surface area contributed by atoms with Crippen LogP contribution in [0.15, 0.2) is 46.9 Å². The monoisotopic (exact) mass is 337 g/mol. The van der Waals surface area contributed by atoms with E-state index in [0.717, 1.165) is 28.2 Å². The van der Waals surface area contributed by atoms with Gasteiger partial charge in [-0.25, -0.2) is 4.39 Å². The van der Waals surface area contributed by atoms with E-state index in [4.69, 9.17) is 0 Å². The molecule has 4 nitrogen and oxygen atoms in total. The summed E-state index contributed by atoms with van der Waals surface area (Å²) < 4.78 is 14.5. The van der Waals surface area contributed by atoms with E-state index in [-0.39, 0.29) is 17.7 Å². The molecule has 20 heavy (non-hydrogen) atoms. The Hall–Kier alpha value is -2.08. The molecule has 0 N–H and O–H groups in total.